The van der Waals surface area contributed by atoms with Crippen molar-refractivity contribution in [2.24, 2.45) is 0 Å². The van der Waals surface area contributed by atoms with Gasteiger partial charge in [-0.15, -0.1) is 0 Å². The van der Waals surface area contributed by atoms with Crippen LogP contribution in [0.2, 0.25) is 0 Å². The van der Waals surface area contributed by atoms with Crippen LogP contribution in [0.25, 0.3) is 0 Å². The Morgan fingerprint density at radius 3 is 2.68 bits per heavy atom. The summed E-state index contributed by atoms with van der Waals surface area (Å²) in [4.78, 5) is 15.3. The molecule has 0 atom stereocenters. The van der Waals surface area contributed by atoms with Crippen molar-refractivity contribution in [3.8, 4) is 5.75 Å². The molecule has 0 saturated heterocycles. The number of amides is 1. The van der Waals surface area contributed by atoms with Gasteiger partial charge >= 0.3 is 6.61 Å². The molecule has 1 amide bonds. The molecule has 2 N–H and O–H groups in total. The lowest BCUT2D eigenvalue weighted by Crippen LogP contribution is -2.15. The number of nitrogens with one attached hydrogen (secondary N) is 2. The highest BCUT2D eigenvalue weighted by molar-refractivity contribution is 5.90. The van der Waals surface area contributed by atoms with E-state index in [9.17, 15) is 13.6 Å². The Morgan fingerprint density at radius 1 is 1.37 bits per heavy atom. The lowest BCUT2D eigenvalue weighted by Gasteiger charge is -2.05. The first-order valence-electron chi connectivity index (χ1n) is 5.32. The molecule has 0 aliphatic carbocycles. The summed E-state index contributed by atoms with van der Waals surface area (Å²) in [6, 6.07) is 5.84. The minimum Gasteiger partial charge on any atom is -0.435 e. The van der Waals surface area contributed by atoms with E-state index in [1.54, 1.807) is 0 Å². The molecule has 19 heavy (non-hydrogen) atoms. The van der Waals surface area contributed by atoms with Gasteiger partial charge in [-0.2, -0.15) is 18.9 Å². The minimum absolute atomic E-state index is 0.0504. The van der Waals surface area contributed by atoms with Crippen LogP contribution in [-0.2, 0) is 11.2 Å². The van der Waals surface area contributed by atoms with E-state index in [1.807, 2.05) is 0 Å². The zero-order valence-electron chi connectivity index (χ0n) is 9.64. The van der Waals surface area contributed by atoms with Crippen LogP contribution in [0.5, 0.6) is 5.75 Å². The van der Waals surface area contributed by atoms with Gasteiger partial charge in [-0.25, -0.2) is 5.10 Å². The highest BCUT2D eigenvalue weighted by atomic mass is 19.3. The molecular weight excluding hydrogens is 258 g/mol. The Kier molecular flexibility index (Phi) is 4.01. The molecule has 2 aromatic rings. The molecule has 1 heterocycles. The van der Waals surface area contributed by atoms with Crippen LogP contribution in [0.4, 0.5) is 14.7 Å². The maximum Gasteiger partial charge on any atom is 0.387 e. The Labute approximate surface area is 106 Å². The standard InChI is InChI=1S/C11H10F2N4O2/c12-10(13)19-8-3-1-7(2-4-8)5-9(18)16-11-14-6-15-17-11/h1-4,6,10H,5H2,(H2,14,15,16,17,18). The Morgan fingerprint density at radius 2 is 2.11 bits per heavy atom. The van der Waals surface area contributed by atoms with E-state index < -0.39 is 6.61 Å². The predicted molar refractivity (Wildman–Crippen MR) is 61.8 cm³/mol. The highest BCUT2D eigenvalue weighted by Gasteiger charge is 2.07. The molecule has 1 aromatic carbocycles. The van der Waals surface area contributed by atoms with Crippen LogP contribution in [0, 0.1) is 0 Å². The van der Waals surface area contributed by atoms with Crippen molar-refractivity contribution in [2.75, 3.05) is 5.32 Å². The number of ether oxygens (including phenoxy) is 1. The largest absolute Gasteiger partial charge is 0.435 e. The summed E-state index contributed by atoms with van der Waals surface area (Å²) < 4.78 is 28.1. The Balaban J connectivity index is 1.90. The smallest absolute Gasteiger partial charge is 0.387 e. The lowest BCUT2D eigenvalue weighted by molar-refractivity contribution is -0.115. The van der Waals surface area contributed by atoms with E-state index in [1.165, 1.54) is 30.6 Å². The normalized spacial score (nSPS) is 10.5. The van der Waals surface area contributed by atoms with E-state index in [0.29, 0.717) is 5.56 Å². The number of H-pyrrole nitrogens is 1. The zero-order valence-corrected chi connectivity index (χ0v) is 9.64. The quantitative estimate of drug-likeness (QED) is 0.863. The van der Waals surface area contributed by atoms with Crippen molar-refractivity contribution in [1.82, 2.24) is 15.2 Å². The first-order chi connectivity index (χ1) is 9.13. The number of hydrogen-bond acceptors (Lipinski definition) is 4. The summed E-state index contributed by atoms with van der Waals surface area (Å²) in [5, 5.41) is 8.57. The molecule has 100 valence electrons. The van der Waals surface area contributed by atoms with Crippen LogP contribution < -0.4 is 10.1 Å². The van der Waals surface area contributed by atoms with Crippen LogP contribution >= 0.6 is 0 Å². The number of hydrogen-bond donors (Lipinski definition) is 2. The highest BCUT2D eigenvalue weighted by Crippen LogP contribution is 2.15. The number of carbonyl (C=O) groups excluding carboxylic acids is 1. The van der Waals surface area contributed by atoms with Gasteiger partial charge in [0.2, 0.25) is 11.9 Å². The van der Waals surface area contributed by atoms with E-state index in [2.05, 4.69) is 25.2 Å². The SMILES string of the molecule is O=C(Cc1ccc(OC(F)F)cc1)Nc1ncn[nH]1. The average Bonchev–Trinajstić information content (AvgIpc) is 2.83. The molecular formula is C11H10F2N4O2. The third kappa shape index (κ3) is 4.02. The fourth-order valence-electron chi connectivity index (χ4n) is 1.42. The van der Waals surface area contributed by atoms with Crippen molar-refractivity contribution < 1.29 is 18.3 Å². The van der Waals surface area contributed by atoms with Gasteiger partial charge in [0, 0.05) is 0 Å². The summed E-state index contributed by atoms with van der Waals surface area (Å²) in [5.74, 6) is 0.0105. The van der Waals surface area contributed by atoms with Crippen molar-refractivity contribution in [3.05, 3.63) is 36.2 Å². The number of carbonyl (C=O) groups is 1. The van der Waals surface area contributed by atoms with Crippen molar-refractivity contribution in [3.63, 3.8) is 0 Å². The molecule has 1 aromatic heterocycles. The molecule has 0 radical (unpaired) electrons. The molecule has 6 nitrogen and oxygen atoms in total. The van der Waals surface area contributed by atoms with Gasteiger partial charge in [0.05, 0.1) is 6.42 Å². The third-order valence-corrected chi connectivity index (χ3v) is 2.19. The summed E-state index contributed by atoms with van der Waals surface area (Å²) in [7, 11) is 0. The molecule has 0 spiro atoms. The van der Waals surface area contributed by atoms with Gasteiger partial charge in [-0.3, -0.25) is 10.1 Å². The van der Waals surface area contributed by atoms with E-state index in [-0.39, 0.29) is 24.0 Å². The molecule has 0 bridgehead atoms. The van der Waals surface area contributed by atoms with Gasteiger partial charge in [-0.05, 0) is 17.7 Å². The minimum atomic E-state index is -2.86. The van der Waals surface area contributed by atoms with Gasteiger partial charge in [0.1, 0.15) is 12.1 Å². The molecule has 8 heteroatoms. The average molecular weight is 268 g/mol. The Bertz CT molecular complexity index is 528. The van der Waals surface area contributed by atoms with Crippen LogP contribution in [0.3, 0.4) is 0 Å². The fraction of sp³-hybridized carbons (Fsp3) is 0.182. The first-order valence-corrected chi connectivity index (χ1v) is 5.32. The number of aromatic amines is 1. The van der Waals surface area contributed by atoms with Crippen molar-refractivity contribution >= 4 is 11.9 Å². The van der Waals surface area contributed by atoms with Crippen molar-refractivity contribution in [1.29, 1.82) is 0 Å². The van der Waals surface area contributed by atoms with E-state index >= 15 is 0 Å². The number of nitrogens with zero attached hydrogens (tertiary/aromatic N) is 2. The van der Waals surface area contributed by atoms with Crippen LogP contribution in [0.15, 0.2) is 30.6 Å². The molecule has 0 aliphatic heterocycles. The second kappa shape index (κ2) is 5.89. The number of alkyl halides is 2. The summed E-state index contributed by atoms with van der Waals surface area (Å²) in [6.07, 6.45) is 1.36. The number of anilines is 1. The molecule has 0 fully saturated rings. The van der Waals surface area contributed by atoms with Crippen LogP contribution in [-0.4, -0.2) is 27.7 Å². The third-order valence-electron chi connectivity index (χ3n) is 2.19. The number of benzene rings is 1. The first kappa shape index (κ1) is 12.9. The molecule has 2 rings (SSSR count). The van der Waals surface area contributed by atoms with Crippen LogP contribution in [0.1, 0.15) is 5.56 Å². The number of aromatic nitrogens is 3. The maximum atomic E-state index is 11.9. The zero-order chi connectivity index (χ0) is 13.7. The summed E-state index contributed by atoms with van der Waals surface area (Å²) >= 11 is 0. The van der Waals surface area contributed by atoms with E-state index in [0.717, 1.165) is 0 Å². The number of halogens is 2. The molecule has 0 unspecified atom stereocenters. The lowest BCUT2D eigenvalue weighted by atomic mass is 10.1. The predicted octanol–water partition coefficient (Wildman–Crippen LogP) is 1.59. The Hall–Kier alpha value is -2.51. The topological polar surface area (TPSA) is 79.9 Å². The van der Waals surface area contributed by atoms with Gasteiger partial charge < -0.3 is 4.74 Å². The maximum absolute atomic E-state index is 11.9. The summed E-state index contributed by atoms with van der Waals surface area (Å²) in [5.41, 5.74) is 0.665. The number of rotatable bonds is 5. The second-order valence-electron chi connectivity index (χ2n) is 3.58. The monoisotopic (exact) mass is 268 g/mol. The van der Waals surface area contributed by atoms with Gasteiger partial charge in [0.15, 0.2) is 0 Å². The van der Waals surface area contributed by atoms with Crippen molar-refractivity contribution in [2.45, 2.75) is 13.0 Å². The summed E-state index contributed by atoms with van der Waals surface area (Å²) in [6.45, 7) is -2.86. The molecule has 0 saturated carbocycles. The fourth-order valence-corrected chi connectivity index (χ4v) is 1.42. The second-order valence-corrected chi connectivity index (χ2v) is 3.58. The molecule has 0 aliphatic rings. The van der Waals surface area contributed by atoms with Gasteiger partial charge in [0.25, 0.3) is 0 Å². The van der Waals surface area contributed by atoms with E-state index in [4.69, 9.17) is 0 Å². The van der Waals surface area contributed by atoms with Gasteiger partial charge in [-0.1, -0.05) is 12.1 Å².